The van der Waals surface area contributed by atoms with Gasteiger partial charge in [-0.15, -0.1) is 0 Å². The summed E-state index contributed by atoms with van der Waals surface area (Å²) in [6, 6.07) is 24.2. The molecule has 0 spiro atoms. The number of nitrogens with two attached hydrogens (primary N) is 1. The molecule has 0 radical (unpaired) electrons. The van der Waals surface area contributed by atoms with Gasteiger partial charge in [0.25, 0.3) is 0 Å². The fourth-order valence-corrected chi connectivity index (χ4v) is 5.58. The van der Waals surface area contributed by atoms with Crippen molar-refractivity contribution in [1.82, 2.24) is 14.5 Å². The molecule has 2 N–H and O–H groups in total. The van der Waals surface area contributed by atoms with E-state index in [0.717, 1.165) is 11.1 Å². The lowest BCUT2D eigenvalue weighted by Crippen LogP contribution is -2.09. The number of nitrogens with zero attached hydrogens (tertiary/aromatic N) is 3. The van der Waals surface area contributed by atoms with Gasteiger partial charge >= 0.3 is 0 Å². The van der Waals surface area contributed by atoms with Crippen LogP contribution in [0.2, 0.25) is 0 Å². The maximum absolute atomic E-state index is 13.7. The molecular weight excluding hydrogens is 420 g/mol. The lowest BCUT2D eigenvalue weighted by molar-refractivity contribution is 0.596. The number of para-hydroxylation sites is 2. The van der Waals surface area contributed by atoms with E-state index in [1.807, 2.05) is 67.6 Å². The molecule has 5 rings (SSSR count). The van der Waals surface area contributed by atoms with E-state index in [4.69, 9.17) is 10.7 Å². The molecule has 5 aromatic rings. The minimum atomic E-state index is -3.90. The maximum atomic E-state index is 13.7. The third-order valence-corrected chi connectivity index (χ3v) is 7.40. The molecule has 0 bridgehead atoms. The molecule has 2 aromatic heterocycles. The highest BCUT2D eigenvalue weighted by molar-refractivity contribution is 7.92. The minimum Gasteiger partial charge on any atom is -0.384 e. The number of fused-ring (bicyclic) bond motifs is 2. The summed E-state index contributed by atoms with van der Waals surface area (Å²) < 4.78 is 29.1. The first kappa shape index (κ1) is 20.2. The first-order chi connectivity index (χ1) is 15.4. The number of sulfone groups is 1. The van der Waals surface area contributed by atoms with Crippen LogP contribution in [0.1, 0.15) is 11.1 Å². The fourth-order valence-electron chi connectivity index (χ4n) is 3.97. The second-order valence-electron chi connectivity index (χ2n) is 7.81. The van der Waals surface area contributed by atoms with Crippen molar-refractivity contribution in [3.63, 3.8) is 0 Å². The molecule has 6 nitrogen and oxygen atoms in total. The van der Waals surface area contributed by atoms with Crippen LogP contribution >= 0.6 is 0 Å². The van der Waals surface area contributed by atoms with Gasteiger partial charge in [0.1, 0.15) is 16.2 Å². The van der Waals surface area contributed by atoms with Crippen molar-refractivity contribution in [1.29, 1.82) is 0 Å². The maximum Gasteiger partial charge on any atom is 0.212 e. The van der Waals surface area contributed by atoms with E-state index >= 15 is 0 Å². The summed E-state index contributed by atoms with van der Waals surface area (Å²) in [7, 11) is -3.90. The number of hydrogen-bond donors (Lipinski definition) is 1. The zero-order valence-electron chi connectivity index (χ0n) is 17.6. The van der Waals surface area contributed by atoms with Crippen LogP contribution < -0.4 is 5.73 Å². The van der Waals surface area contributed by atoms with Crippen LogP contribution in [0.25, 0.3) is 22.2 Å². The lowest BCUT2D eigenvalue weighted by Gasteiger charge is -2.09. The predicted molar refractivity (Wildman–Crippen MR) is 126 cm³/mol. The lowest BCUT2D eigenvalue weighted by atomic mass is 10.1. The van der Waals surface area contributed by atoms with Gasteiger partial charge in [-0.1, -0.05) is 54.6 Å². The molecule has 0 saturated heterocycles. The number of hydrogen-bond acceptors (Lipinski definition) is 5. The zero-order chi connectivity index (χ0) is 22.3. The van der Waals surface area contributed by atoms with Crippen molar-refractivity contribution in [3.05, 3.63) is 90.0 Å². The van der Waals surface area contributed by atoms with Crippen molar-refractivity contribution in [2.24, 2.45) is 0 Å². The Morgan fingerprint density at radius 2 is 1.56 bits per heavy atom. The molecule has 32 heavy (non-hydrogen) atoms. The summed E-state index contributed by atoms with van der Waals surface area (Å²) in [6.45, 7) is 2.35. The Labute approximate surface area is 186 Å². The van der Waals surface area contributed by atoms with Gasteiger partial charge in [-0.2, -0.15) is 0 Å². The molecule has 0 atom stereocenters. The Morgan fingerprint density at radius 1 is 0.875 bits per heavy atom. The van der Waals surface area contributed by atoms with E-state index in [9.17, 15) is 8.42 Å². The second-order valence-corrected chi connectivity index (χ2v) is 9.69. The average molecular weight is 443 g/mol. The van der Waals surface area contributed by atoms with Crippen molar-refractivity contribution < 1.29 is 8.42 Å². The van der Waals surface area contributed by atoms with Gasteiger partial charge in [0.05, 0.1) is 15.9 Å². The van der Waals surface area contributed by atoms with Gasteiger partial charge in [0.15, 0.2) is 5.65 Å². The van der Waals surface area contributed by atoms with Gasteiger partial charge < -0.3 is 10.3 Å². The number of benzene rings is 3. The third-order valence-electron chi connectivity index (χ3n) is 5.58. The molecule has 0 fully saturated rings. The SMILES string of the molecule is Cc1cccc(S(=O)(=O)c2c(N)n(CCc3ccccc3)c3nc4ccccc4nc23)c1. The summed E-state index contributed by atoms with van der Waals surface area (Å²) in [5, 5.41) is 0. The van der Waals surface area contributed by atoms with Crippen LogP contribution in [-0.2, 0) is 22.8 Å². The number of anilines is 1. The van der Waals surface area contributed by atoms with Gasteiger partial charge in [0, 0.05) is 6.54 Å². The molecule has 0 aliphatic heterocycles. The molecule has 160 valence electrons. The largest absolute Gasteiger partial charge is 0.384 e. The molecule has 0 aliphatic rings. The molecular formula is C25H22N4O2S. The van der Waals surface area contributed by atoms with E-state index in [1.54, 1.807) is 22.8 Å². The van der Waals surface area contributed by atoms with Crippen LogP contribution in [-0.4, -0.2) is 23.0 Å². The Balaban J connectivity index is 1.75. The predicted octanol–water partition coefficient (Wildman–Crippen LogP) is 4.55. The Bertz CT molecular complexity index is 1560. The number of aromatic nitrogens is 3. The quantitative estimate of drug-likeness (QED) is 0.431. The third kappa shape index (κ3) is 3.40. The molecule has 3 aromatic carbocycles. The molecule has 0 unspecified atom stereocenters. The smallest absolute Gasteiger partial charge is 0.212 e. The van der Waals surface area contributed by atoms with Crippen LogP contribution in [0.3, 0.4) is 0 Å². The van der Waals surface area contributed by atoms with Crippen LogP contribution in [0, 0.1) is 6.92 Å². The van der Waals surface area contributed by atoms with Gasteiger partial charge in [-0.25, -0.2) is 18.4 Å². The minimum absolute atomic E-state index is 0.0180. The van der Waals surface area contributed by atoms with Crippen molar-refractivity contribution in [2.75, 3.05) is 5.73 Å². The van der Waals surface area contributed by atoms with E-state index in [-0.39, 0.29) is 15.6 Å². The number of aryl methyl sites for hydroxylation is 3. The monoisotopic (exact) mass is 442 g/mol. The Kier molecular flexibility index (Phi) is 4.90. The average Bonchev–Trinajstić information content (AvgIpc) is 3.07. The van der Waals surface area contributed by atoms with Crippen molar-refractivity contribution in [2.45, 2.75) is 29.7 Å². The van der Waals surface area contributed by atoms with E-state index in [1.165, 1.54) is 0 Å². The van der Waals surface area contributed by atoms with E-state index < -0.39 is 9.84 Å². The van der Waals surface area contributed by atoms with E-state index in [0.29, 0.717) is 35.2 Å². The molecule has 2 heterocycles. The van der Waals surface area contributed by atoms with Gasteiger partial charge in [0.2, 0.25) is 9.84 Å². The highest BCUT2D eigenvalue weighted by Crippen LogP contribution is 2.35. The van der Waals surface area contributed by atoms with Gasteiger partial charge in [-0.3, -0.25) is 0 Å². The summed E-state index contributed by atoms with van der Waals surface area (Å²) in [4.78, 5) is 9.65. The molecule has 7 heteroatoms. The second kappa shape index (κ2) is 7.76. The molecule has 0 saturated carbocycles. The Morgan fingerprint density at radius 3 is 2.28 bits per heavy atom. The normalized spacial score (nSPS) is 11.9. The zero-order valence-corrected chi connectivity index (χ0v) is 18.4. The standard InChI is InChI=1S/C25H22N4O2S/c1-17-8-7-11-19(16-17)32(30,31)23-22-25(28-21-13-6-5-12-20(21)27-22)29(24(23)26)15-14-18-9-3-2-4-10-18/h2-13,16H,14-15,26H2,1H3. The summed E-state index contributed by atoms with van der Waals surface area (Å²) >= 11 is 0. The number of rotatable bonds is 5. The fraction of sp³-hybridized carbons (Fsp3) is 0.120. The van der Waals surface area contributed by atoms with E-state index in [2.05, 4.69) is 4.98 Å². The van der Waals surface area contributed by atoms with Crippen LogP contribution in [0.4, 0.5) is 5.82 Å². The molecule has 0 aliphatic carbocycles. The van der Waals surface area contributed by atoms with Crippen LogP contribution in [0.5, 0.6) is 0 Å². The van der Waals surface area contributed by atoms with Crippen molar-refractivity contribution >= 4 is 37.9 Å². The Hall–Kier alpha value is -3.71. The summed E-state index contributed by atoms with van der Waals surface area (Å²) in [6.07, 6.45) is 0.688. The van der Waals surface area contributed by atoms with Crippen molar-refractivity contribution in [3.8, 4) is 0 Å². The first-order valence-electron chi connectivity index (χ1n) is 10.4. The van der Waals surface area contributed by atoms with Crippen LogP contribution in [0.15, 0.2) is 88.7 Å². The first-order valence-corrected chi connectivity index (χ1v) is 11.8. The number of nitrogen functional groups attached to an aromatic ring is 1. The summed E-state index contributed by atoms with van der Waals surface area (Å²) in [5.74, 6) is 0.160. The highest BCUT2D eigenvalue weighted by Gasteiger charge is 2.30. The highest BCUT2D eigenvalue weighted by atomic mass is 32.2. The topological polar surface area (TPSA) is 90.9 Å². The molecule has 0 amide bonds. The summed E-state index contributed by atoms with van der Waals surface area (Å²) in [5.41, 5.74) is 10.6. The van der Waals surface area contributed by atoms with Gasteiger partial charge in [-0.05, 0) is 48.7 Å².